The lowest BCUT2D eigenvalue weighted by Gasteiger charge is -2.41. The second kappa shape index (κ2) is 5.18. The smallest absolute Gasteiger partial charge is 0.0885 e. The van der Waals surface area contributed by atoms with E-state index in [-0.39, 0.29) is 0 Å². The van der Waals surface area contributed by atoms with E-state index in [2.05, 4.69) is 40.7 Å². The van der Waals surface area contributed by atoms with E-state index in [0.717, 1.165) is 25.7 Å². The summed E-state index contributed by atoms with van der Waals surface area (Å²) >= 11 is 0. The number of allylic oxidation sites excluding steroid dienone is 3. The summed E-state index contributed by atoms with van der Waals surface area (Å²) in [6.45, 7) is 10.6. The maximum Gasteiger partial charge on any atom is 0.0885 e. The SMILES string of the molecule is CCC1(O)C(C)=C(C)CCC1CC=C(C)C. The molecule has 1 heteroatoms. The van der Waals surface area contributed by atoms with Crippen molar-refractivity contribution in [2.75, 3.05) is 0 Å². The molecule has 1 aliphatic rings. The molecule has 0 amide bonds. The van der Waals surface area contributed by atoms with E-state index in [0.29, 0.717) is 5.92 Å². The molecule has 16 heavy (non-hydrogen) atoms. The van der Waals surface area contributed by atoms with E-state index in [1.807, 2.05) is 0 Å². The summed E-state index contributed by atoms with van der Waals surface area (Å²) in [5, 5.41) is 10.8. The van der Waals surface area contributed by atoms with Crippen molar-refractivity contribution < 1.29 is 5.11 Å². The first-order chi connectivity index (χ1) is 7.41. The maximum absolute atomic E-state index is 10.8. The Labute approximate surface area is 100 Å². The van der Waals surface area contributed by atoms with Crippen LogP contribution in [0.5, 0.6) is 0 Å². The van der Waals surface area contributed by atoms with Crippen LogP contribution in [0.1, 0.15) is 60.3 Å². The summed E-state index contributed by atoms with van der Waals surface area (Å²) in [4.78, 5) is 0. The van der Waals surface area contributed by atoms with Crippen molar-refractivity contribution in [1.82, 2.24) is 0 Å². The normalized spacial score (nSPS) is 30.5. The van der Waals surface area contributed by atoms with Crippen LogP contribution in [0, 0.1) is 5.92 Å². The number of hydrogen-bond donors (Lipinski definition) is 1. The second-order valence-electron chi connectivity index (χ2n) is 5.44. The summed E-state index contributed by atoms with van der Waals surface area (Å²) < 4.78 is 0. The summed E-state index contributed by atoms with van der Waals surface area (Å²) in [5.41, 5.74) is 3.39. The molecule has 0 bridgehead atoms. The van der Waals surface area contributed by atoms with Crippen molar-refractivity contribution in [3.63, 3.8) is 0 Å². The number of aliphatic hydroxyl groups is 1. The molecule has 0 aromatic rings. The van der Waals surface area contributed by atoms with Gasteiger partial charge in [0.15, 0.2) is 0 Å². The first-order valence-corrected chi connectivity index (χ1v) is 6.44. The van der Waals surface area contributed by atoms with Gasteiger partial charge in [-0.3, -0.25) is 0 Å². The van der Waals surface area contributed by atoms with Gasteiger partial charge < -0.3 is 5.11 Å². The predicted octanol–water partition coefficient (Wildman–Crippen LogP) is 4.23. The van der Waals surface area contributed by atoms with E-state index in [1.165, 1.54) is 16.7 Å². The highest BCUT2D eigenvalue weighted by Gasteiger charge is 2.39. The van der Waals surface area contributed by atoms with E-state index in [9.17, 15) is 5.11 Å². The molecule has 0 fully saturated rings. The number of hydrogen-bond acceptors (Lipinski definition) is 1. The van der Waals surface area contributed by atoms with Gasteiger partial charge in [-0.25, -0.2) is 0 Å². The molecular formula is C15H26O. The standard InChI is InChI=1S/C15H26O/c1-6-15(16)13(5)12(4)8-10-14(15)9-7-11(2)3/h7,14,16H,6,8-10H2,1-5H3. The Morgan fingerprint density at radius 2 is 2.06 bits per heavy atom. The van der Waals surface area contributed by atoms with Gasteiger partial charge in [-0.2, -0.15) is 0 Å². The number of rotatable bonds is 3. The molecular weight excluding hydrogens is 196 g/mol. The topological polar surface area (TPSA) is 20.2 Å². The van der Waals surface area contributed by atoms with Crippen LogP contribution >= 0.6 is 0 Å². The van der Waals surface area contributed by atoms with Crippen LogP contribution in [-0.4, -0.2) is 10.7 Å². The molecule has 0 saturated heterocycles. The molecule has 1 rings (SSSR count). The zero-order valence-electron chi connectivity index (χ0n) is 11.4. The highest BCUT2D eigenvalue weighted by Crippen LogP contribution is 2.42. The molecule has 2 atom stereocenters. The van der Waals surface area contributed by atoms with Crippen molar-refractivity contribution in [3.8, 4) is 0 Å². The quantitative estimate of drug-likeness (QED) is 0.708. The second-order valence-corrected chi connectivity index (χ2v) is 5.44. The van der Waals surface area contributed by atoms with E-state index >= 15 is 0 Å². The van der Waals surface area contributed by atoms with Crippen LogP contribution < -0.4 is 0 Å². The molecule has 0 spiro atoms. The fourth-order valence-corrected chi connectivity index (χ4v) is 2.74. The zero-order valence-corrected chi connectivity index (χ0v) is 11.4. The van der Waals surface area contributed by atoms with Crippen LogP contribution in [0.2, 0.25) is 0 Å². The van der Waals surface area contributed by atoms with Gasteiger partial charge in [0.05, 0.1) is 5.60 Å². The summed E-state index contributed by atoms with van der Waals surface area (Å²) in [5.74, 6) is 0.399. The van der Waals surface area contributed by atoms with E-state index in [4.69, 9.17) is 0 Å². The monoisotopic (exact) mass is 222 g/mol. The van der Waals surface area contributed by atoms with E-state index in [1.54, 1.807) is 0 Å². The van der Waals surface area contributed by atoms with Gasteiger partial charge in [0.2, 0.25) is 0 Å². The van der Waals surface area contributed by atoms with Crippen LogP contribution in [0.3, 0.4) is 0 Å². The predicted molar refractivity (Wildman–Crippen MR) is 70.4 cm³/mol. The molecule has 1 nitrogen and oxygen atoms in total. The first-order valence-electron chi connectivity index (χ1n) is 6.44. The molecule has 0 saturated carbocycles. The van der Waals surface area contributed by atoms with Crippen LogP contribution in [0.4, 0.5) is 0 Å². The molecule has 2 unspecified atom stereocenters. The summed E-state index contributed by atoms with van der Waals surface area (Å²) in [6, 6.07) is 0. The minimum absolute atomic E-state index is 0.399. The van der Waals surface area contributed by atoms with Crippen LogP contribution in [0.25, 0.3) is 0 Å². The van der Waals surface area contributed by atoms with Gasteiger partial charge in [-0.1, -0.05) is 24.1 Å². The average molecular weight is 222 g/mol. The highest BCUT2D eigenvalue weighted by atomic mass is 16.3. The minimum Gasteiger partial charge on any atom is -0.385 e. The molecule has 0 aromatic carbocycles. The van der Waals surface area contributed by atoms with Gasteiger partial charge in [-0.05, 0) is 64.9 Å². The van der Waals surface area contributed by atoms with Crippen molar-refractivity contribution >= 4 is 0 Å². The summed E-state index contributed by atoms with van der Waals surface area (Å²) in [7, 11) is 0. The molecule has 1 aliphatic carbocycles. The van der Waals surface area contributed by atoms with Crippen LogP contribution in [0.15, 0.2) is 22.8 Å². The molecule has 0 aliphatic heterocycles. The van der Waals surface area contributed by atoms with Crippen molar-refractivity contribution in [1.29, 1.82) is 0 Å². The maximum atomic E-state index is 10.8. The van der Waals surface area contributed by atoms with Crippen molar-refractivity contribution in [2.24, 2.45) is 5.92 Å². The lowest BCUT2D eigenvalue weighted by atomic mass is 9.69. The van der Waals surface area contributed by atoms with Crippen LogP contribution in [-0.2, 0) is 0 Å². The Bertz CT molecular complexity index is 307. The Kier molecular flexibility index (Phi) is 4.37. The molecule has 0 aromatic heterocycles. The summed E-state index contributed by atoms with van der Waals surface area (Å²) in [6.07, 6.45) is 6.38. The first kappa shape index (κ1) is 13.5. The molecule has 0 radical (unpaired) electrons. The van der Waals surface area contributed by atoms with Gasteiger partial charge in [-0.15, -0.1) is 0 Å². The largest absolute Gasteiger partial charge is 0.385 e. The van der Waals surface area contributed by atoms with Gasteiger partial charge >= 0.3 is 0 Å². The average Bonchev–Trinajstić information content (AvgIpc) is 2.24. The molecule has 92 valence electrons. The Morgan fingerprint density at radius 3 is 2.56 bits per heavy atom. The lowest BCUT2D eigenvalue weighted by molar-refractivity contribution is 0.00241. The van der Waals surface area contributed by atoms with Gasteiger partial charge in [0.25, 0.3) is 0 Å². The highest BCUT2D eigenvalue weighted by molar-refractivity contribution is 5.26. The van der Waals surface area contributed by atoms with Crippen molar-refractivity contribution in [2.45, 2.75) is 65.9 Å². The third-order valence-corrected chi connectivity index (χ3v) is 4.18. The lowest BCUT2D eigenvalue weighted by Crippen LogP contribution is -2.41. The van der Waals surface area contributed by atoms with Crippen molar-refractivity contribution in [3.05, 3.63) is 22.8 Å². The van der Waals surface area contributed by atoms with Gasteiger partial charge in [0.1, 0.15) is 0 Å². The minimum atomic E-state index is -0.561. The van der Waals surface area contributed by atoms with E-state index < -0.39 is 5.60 Å². The molecule has 1 N–H and O–H groups in total. The van der Waals surface area contributed by atoms with Gasteiger partial charge in [0, 0.05) is 0 Å². The Balaban J connectivity index is 2.92. The third-order valence-electron chi connectivity index (χ3n) is 4.18. The molecule has 0 heterocycles. The zero-order chi connectivity index (χ0) is 12.3. The fraction of sp³-hybridized carbons (Fsp3) is 0.733. The third kappa shape index (κ3) is 2.57. The fourth-order valence-electron chi connectivity index (χ4n) is 2.74. The Morgan fingerprint density at radius 1 is 1.44 bits per heavy atom. The Hall–Kier alpha value is -0.560.